The fourth-order valence-electron chi connectivity index (χ4n) is 3.25. The average molecular weight is 448 g/mol. The molecule has 4 rings (SSSR count). The molecular weight excluding hydrogens is 434 g/mol. The van der Waals surface area contributed by atoms with E-state index in [1.807, 2.05) is 0 Å². The van der Waals surface area contributed by atoms with Crippen LogP contribution in [0.5, 0.6) is 0 Å². The average Bonchev–Trinajstić information content (AvgIpc) is 3.26. The summed E-state index contributed by atoms with van der Waals surface area (Å²) in [5, 5.41) is 10.9. The number of benzene rings is 2. The number of alkyl halides is 2. The Balaban J connectivity index is 1.72. The molecule has 4 aromatic rings. The van der Waals surface area contributed by atoms with Crippen LogP contribution in [0.2, 0.25) is 5.02 Å². The van der Waals surface area contributed by atoms with Gasteiger partial charge in [0.25, 0.3) is 5.92 Å². The molecule has 0 N–H and O–H groups in total. The molecule has 0 aliphatic rings. The summed E-state index contributed by atoms with van der Waals surface area (Å²) in [6, 6.07) is 12.0. The number of hydrogen-bond acceptors (Lipinski definition) is 4. The number of nitrogens with zero attached hydrogens (tertiary/aromatic N) is 5. The van der Waals surface area contributed by atoms with Crippen molar-refractivity contribution < 1.29 is 17.6 Å². The maximum atomic E-state index is 15.6. The molecule has 0 saturated heterocycles. The number of aromatic nitrogens is 5. The Hall–Kier alpha value is -3.33. The van der Waals surface area contributed by atoms with Crippen LogP contribution in [0.15, 0.2) is 67.1 Å². The molecule has 0 spiro atoms. The van der Waals surface area contributed by atoms with Crippen molar-refractivity contribution in [1.29, 1.82) is 0 Å². The van der Waals surface area contributed by atoms with E-state index in [0.717, 1.165) is 23.1 Å². The minimum atomic E-state index is -3.61. The number of halogens is 5. The van der Waals surface area contributed by atoms with E-state index in [-0.39, 0.29) is 5.56 Å². The Morgan fingerprint density at radius 3 is 2.48 bits per heavy atom. The number of rotatable bonds is 6. The molecule has 10 heteroatoms. The second kappa shape index (κ2) is 8.43. The Labute approximate surface area is 179 Å². The lowest BCUT2D eigenvalue weighted by molar-refractivity contribution is -0.0455. The van der Waals surface area contributed by atoms with Crippen molar-refractivity contribution in [2.75, 3.05) is 0 Å². The summed E-state index contributed by atoms with van der Waals surface area (Å²) in [4.78, 5) is 3.93. The van der Waals surface area contributed by atoms with Crippen LogP contribution >= 0.6 is 11.6 Å². The molecule has 0 aliphatic carbocycles. The summed E-state index contributed by atoms with van der Waals surface area (Å²) in [5.41, 5.74) is 0.361. The van der Waals surface area contributed by atoms with Gasteiger partial charge in [0.15, 0.2) is 0 Å². The van der Waals surface area contributed by atoms with E-state index < -0.39 is 35.7 Å². The first kappa shape index (κ1) is 20.9. The van der Waals surface area contributed by atoms with E-state index in [9.17, 15) is 8.78 Å². The highest BCUT2D eigenvalue weighted by Crippen LogP contribution is 2.43. The van der Waals surface area contributed by atoms with E-state index in [2.05, 4.69) is 20.5 Å². The minimum absolute atomic E-state index is 0.373. The molecule has 0 bridgehead atoms. The van der Waals surface area contributed by atoms with Gasteiger partial charge >= 0.3 is 0 Å². The summed E-state index contributed by atoms with van der Waals surface area (Å²) in [6.07, 6.45) is 2.43. The molecule has 2 aromatic carbocycles. The van der Waals surface area contributed by atoms with Gasteiger partial charge in [-0.1, -0.05) is 35.9 Å². The zero-order chi connectivity index (χ0) is 22.0. The van der Waals surface area contributed by atoms with Crippen molar-refractivity contribution in [2.24, 2.45) is 0 Å². The molecule has 0 fully saturated rings. The molecule has 5 nitrogen and oxygen atoms in total. The van der Waals surface area contributed by atoms with Crippen molar-refractivity contribution in [3.63, 3.8) is 0 Å². The largest absolute Gasteiger partial charge is 0.298 e. The van der Waals surface area contributed by atoms with E-state index in [0.29, 0.717) is 22.2 Å². The number of tetrazole rings is 1. The summed E-state index contributed by atoms with van der Waals surface area (Å²) in [5.74, 6) is -7.30. The third kappa shape index (κ3) is 4.41. The first-order valence-electron chi connectivity index (χ1n) is 9.10. The maximum Gasteiger partial charge on any atom is 0.298 e. The van der Waals surface area contributed by atoms with Crippen LogP contribution < -0.4 is 0 Å². The van der Waals surface area contributed by atoms with Crippen LogP contribution in [-0.2, 0) is 12.5 Å². The third-order valence-corrected chi connectivity index (χ3v) is 5.03. The van der Waals surface area contributed by atoms with Gasteiger partial charge in [-0.05, 0) is 45.8 Å². The van der Waals surface area contributed by atoms with Gasteiger partial charge in [0.05, 0.1) is 12.5 Å². The molecule has 0 radical (unpaired) electrons. The molecule has 0 amide bonds. The summed E-state index contributed by atoms with van der Waals surface area (Å²) in [6.45, 7) is -0.444. The Kier molecular flexibility index (Phi) is 5.69. The third-order valence-electron chi connectivity index (χ3n) is 4.80. The SMILES string of the molecule is Fc1ccc(C(Cn2cnnn2)C(F)(F)c2ccc(-c3cccc(Cl)c3)cn2)c(F)c1. The second-order valence-electron chi connectivity index (χ2n) is 6.82. The predicted molar refractivity (Wildman–Crippen MR) is 105 cm³/mol. The van der Waals surface area contributed by atoms with E-state index in [4.69, 9.17) is 11.6 Å². The molecule has 1 atom stereocenters. The van der Waals surface area contributed by atoms with Gasteiger partial charge in [0.1, 0.15) is 23.7 Å². The van der Waals surface area contributed by atoms with Crippen LogP contribution in [0.1, 0.15) is 17.2 Å². The summed E-state index contributed by atoms with van der Waals surface area (Å²) in [7, 11) is 0. The van der Waals surface area contributed by atoms with Crippen molar-refractivity contribution in [3.05, 3.63) is 95.0 Å². The van der Waals surface area contributed by atoms with Crippen LogP contribution in [0.25, 0.3) is 11.1 Å². The van der Waals surface area contributed by atoms with Crippen molar-refractivity contribution in [1.82, 2.24) is 25.2 Å². The Morgan fingerprint density at radius 2 is 1.84 bits per heavy atom. The van der Waals surface area contributed by atoms with Gasteiger partial charge in [-0.25, -0.2) is 13.5 Å². The number of pyridine rings is 1. The minimum Gasteiger partial charge on any atom is -0.254 e. The van der Waals surface area contributed by atoms with Crippen molar-refractivity contribution >= 4 is 11.6 Å². The highest BCUT2D eigenvalue weighted by molar-refractivity contribution is 6.30. The highest BCUT2D eigenvalue weighted by atomic mass is 35.5. The number of hydrogen-bond donors (Lipinski definition) is 0. The molecule has 1 unspecified atom stereocenters. The molecule has 31 heavy (non-hydrogen) atoms. The molecule has 0 aliphatic heterocycles. The lowest BCUT2D eigenvalue weighted by atomic mass is 9.89. The van der Waals surface area contributed by atoms with E-state index in [1.54, 1.807) is 24.3 Å². The van der Waals surface area contributed by atoms with Crippen LogP contribution in [0.3, 0.4) is 0 Å². The van der Waals surface area contributed by atoms with Crippen LogP contribution in [0.4, 0.5) is 17.6 Å². The first-order chi connectivity index (χ1) is 14.8. The Bertz CT molecular complexity index is 1180. The second-order valence-corrected chi connectivity index (χ2v) is 7.25. The van der Waals surface area contributed by atoms with Crippen molar-refractivity contribution in [2.45, 2.75) is 18.4 Å². The molecule has 0 saturated carbocycles. The molecular formula is C21H14ClF4N5. The molecule has 2 aromatic heterocycles. The fourth-order valence-corrected chi connectivity index (χ4v) is 3.44. The fraction of sp³-hybridized carbons (Fsp3) is 0.143. The summed E-state index contributed by atoms with van der Waals surface area (Å²) >= 11 is 5.98. The van der Waals surface area contributed by atoms with Gasteiger partial charge in [0.2, 0.25) is 0 Å². The monoisotopic (exact) mass is 447 g/mol. The highest BCUT2D eigenvalue weighted by Gasteiger charge is 2.45. The van der Waals surface area contributed by atoms with E-state index >= 15 is 8.78 Å². The quantitative estimate of drug-likeness (QED) is 0.379. The standard InChI is InChI=1S/C21H14ClF4N5/c22-15-3-1-2-13(8-15)14-4-7-20(27-10-14)21(25,26)18(11-31-12-28-29-30-31)17-6-5-16(23)9-19(17)24/h1-10,12,18H,11H2. The van der Waals surface area contributed by atoms with Crippen molar-refractivity contribution in [3.8, 4) is 11.1 Å². The zero-order valence-electron chi connectivity index (χ0n) is 15.8. The lowest BCUT2D eigenvalue weighted by Crippen LogP contribution is -2.30. The van der Waals surface area contributed by atoms with Gasteiger partial charge in [-0.2, -0.15) is 8.78 Å². The van der Waals surface area contributed by atoms with Gasteiger partial charge in [0, 0.05) is 22.8 Å². The summed E-state index contributed by atoms with van der Waals surface area (Å²) < 4.78 is 59.9. The van der Waals surface area contributed by atoms with E-state index in [1.165, 1.54) is 18.3 Å². The van der Waals surface area contributed by atoms with Gasteiger partial charge < -0.3 is 0 Å². The van der Waals surface area contributed by atoms with Crippen LogP contribution in [0, 0.1) is 11.6 Å². The Morgan fingerprint density at radius 1 is 1.00 bits per heavy atom. The van der Waals surface area contributed by atoms with Crippen LogP contribution in [-0.4, -0.2) is 25.2 Å². The zero-order valence-corrected chi connectivity index (χ0v) is 16.5. The van der Waals surface area contributed by atoms with Gasteiger partial charge in [-0.15, -0.1) is 5.10 Å². The molecule has 2 heterocycles. The lowest BCUT2D eigenvalue weighted by Gasteiger charge is -2.27. The maximum absolute atomic E-state index is 15.6. The smallest absolute Gasteiger partial charge is 0.254 e. The topological polar surface area (TPSA) is 56.5 Å². The first-order valence-corrected chi connectivity index (χ1v) is 9.48. The predicted octanol–water partition coefficient (Wildman–Crippen LogP) is 5.24. The van der Waals surface area contributed by atoms with Gasteiger partial charge in [-0.3, -0.25) is 4.98 Å². The molecule has 158 valence electrons. The normalized spacial score (nSPS) is 12.7.